The minimum absolute atomic E-state index is 0.0311. The summed E-state index contributed by atoms with van der Waals surface area (Å²) in [4.78, 5) is 8.46. The van der Waals surface area contributed by atoms with Crippen molar-refractivity contribution in [2.24, 2.45) is 10.2 Å². The largest absolute Gasteiger partial charge is 0.505 e. The molecule has 0 atom stereocenters. The molecule has 0 fully saturated rings. The minimum atomic E-state index is -5.06. The third-order valence-corrected chi connectivity index (χ3v) is 10.5. The molecule has 0 saturated heterocycles. The van der Waals surface area contributed by atoms with Crippen molar-refractivity contribution in [1.29, 1.82) is 0 Å². The Morgan fingerprint density at radius 3 is 1.75 bits per heavy atom. The van der Waals surface area contributed by atoms with Gasteiger partial charge in [-0.3, -0.25) is 18.2 Å². The highest BCUT2D eigenvalue weighted by Gasteiger charge is 2.24. The van der Waals surface area contributed by atoms with E-state index in [-0.39, 0.29) is 22.0 Å². The average molecular weight is 802 g/mol. The molecule has 1 heterocycles. The molecule has 0 saturated carbocycles. The Morgan fingerprint density at radius 1 is 0.608 bits per heavy atom. The van der Waals surface area contributed by atoms with Crippen LogP contribution in [0.25, 0.3) is 10.8 Å². The quantitative estimate of drug-likeness (QED) is 0.0750. The number of benzene rings is 4. The number of hydrogen-bond donors (Lipinski definition) is 7. The molecule has 0 spiro atoms. The van der Waals surface area contributed by atoms with Crippen molar-refractivity contribution in [3.8, 4) is 5.75 Å². The summed E-state index contributed by atoms with van der Waals surface area (Å²) in [7, 11) is -19.7. The lowest BCUT2D eigenvalue weighted by atomic mass is 10.1. The fraction of sp³-hybridized carbons (Fsp3) is 0.0385. The Balaban J connectivity index is 1.52. The molecule has 20 nitrogen and oxygen atoms in total. The van der Waals surface area contributed by atoms with Crippen LogP contribution in [0.3, 0.4) is 0 Å². The maximum absolute atomic E-state index is 12.3. The van der Waals surface area contributed by atoms with E-state index in [1.807, 2.05) is 0 Å². The van der Waals surface area contributed by atoms with E-state index >= 15 is 0 Å². The Hall–Kier alpha value is -4.92. The number of aryl methyl sites for hydroxylation is 1. The van der Waals surface area contributed by atoms with Gasteiger partial charge in [0.15, 0.2) is 5.75 Å². The van der Waals surface area contributed by atoms with Gasteiger partial charge in [0.2, 0.25) is 17.2 Å². The van der Waals surface area contributed by atoms with Crippen LogP contribution in [0.5, 0.6) is 5.75 Å². The molecule has 0 bridgehead atoms. The van der Waals surface area contributed by atoms with Gasteiger partial charge in [0.05, 0.1) is 10.6 Å². The number of nitrogens with one attached hydrogen (secondary N) is 2. The fourth-order valence-corrected chi connectivity index (χ4v) is 7.53. The van der Waals surface area contributed by atoms with E-state index in [9.17, 15) is 57.0 Å². The van der Waals surface area contributed by atoms with E-state index in [0.717, 1.165) is 31.2 Å². The van der Waals surface area contributed by atoms with Gasteiger partial charge in [-0.05, 0) is 60.5 Å². The number of azo groups is 1. The number of nitrogens with zero attached hydrogens (tertiary/aromatic N) is 5. The zero-order chi connectivity index (χ0) is 37.7. The first-order chi connectivity index (χ1) is 23.5. The monoisotopic (exact) mass is 801 g/mol. The molecule has 25 heteroatoms. The van der Waals surface area contributed by atoms with Crippen LogP contribution >= 0.6 is 11.6 Å². The zero-order valence-electron chi connectivity index (χ0n) is 25.0. The highest BCUT2D eigenvalue weighted by molar-refractivity contribution is 7.87. The van der Waals surface area contributed by atoms with Gasteiger partial charge in [-0.15, -0.1) is 10.2 Å². The zero-order valence-corrected chi connectivity index (χ0v) is 29.0. The molecule has 0 amide bonds. The van der Waals surface area contributed by atoms with E-state index in [0.29, 0.717) is 6.07 Å². The smallest absolute Gasteiger partial charge is 0.296 e. The maximum atomic E-state index is 12.3. The van der Waals surface area contributed by atoms with Crippen molar-refractivity contribution in [1.82, 2.24) is 15.0 Å². The molecule has 0 aliphatic carbocycles. The third kappa shape index (κ3) is 8.35. The number of anilines is 4. The van der Waals surface area contributed by atoms with Crippen molar-refractivity contribution in [2.45, 2.75) is 26.5 Å². The fourth-order valence-electron chi connectivity index (χ4n) is 4.55. The molecule has 5 aromatic rings. The Labute approximate surface area is 292 Å². The molecule has 0 radical (unpaired) electrons. The predicted molar refractivity (Wildman–Crippen MR) is 178 cm³/mol. The topological polar surface area (TPSA) is 325 Å². The summed E-state index contributed by atoms with van der Waals surface area (Å²) in [6.45, 7) is 1.16. The number of hydrogen-bond acceptors (Lipinski definition) is 16. The second-order valence-electron chi connectivity index (χ2n) is 10.2. The summed E-state index contributed by atoms with van der Waals surface area (Å²) in [5.41, 5.74) is -1.97. The predicted octanol–water partition coefficient (Wildman–Crippen LogP) is 4.58. The molecule has 4 aromatic carbocycles. The summed E-state index contributed by atoms with van der Waals surface area (Å²) >= 11 is 5.98. The van der Waals surface area contributed by atoms with Crippen molar-refractivity contribution >= 4 is 97.5 Å². The van der Waals surface area contributed by atoms with Crippen LogP contribution < -0.4 is 10.6 Å². The van der Waals surface area contributed by atoms with Gasteiger partial charge in [-0.2, -0.15) is 48.6 Å². The van der Waals surface area contributed by atoms with Crippen LogP contribution in [-0.4, -0.2) is 71.9 Å². The standard InChI is InChI=1S/C26H20ClN7O13S4/c1-12-8-21(50(42,43)44)17(10-19(12)48(36,37)38)29-26-31-24(27)30-25(32-26)28-13-6-7-16(22(9-13)51(45,46)47)33-34-18-11-20(49(39,40)41)14-4-2-3-5-15(14)23(18)35/h2-11,35H,1H3,(H,36,37,38)(H,39,40,41)(H,42,43,44)(H,45,46,47)(H2,28,29,30,31,32). The Kier molecular flexibility index (Phi) is 9.75. The lowest BCUT2D eigenvalue weighted by molar-refractivity contribution is 0.478. The summed E-state index contributed by atoms with van der Waals surface area (Å²) in [5, 5.41) is 22.5. The third-order valence-electron chi connectivity index (χ3n) is 6.68. The van der Waals surface area contributed by atoms with Crippen molar-refractivity contribution in [2.75, 3.05) is 10.6 Å². The molecule has 0 aliphatic heterocycles. The summed E-state index contributed by atoms with van der Waals surface area (Å²) in [6, 6.07) is 10.9. The van der Waals surface area contributed by atoms with Crippen molar-refractivity contribution in [3.05, 3.63) is 71.5 Å². The van der Waals surface area contributed by atoms with Crippen LogP contribution in [0.1, 0.15) is 5.56 Å². The number of halogens is 1. The number of rotatable bonds is 10. The number of aromatic nitrogens is 3. The highest BCUT2D eigenvalue weighted by atomic mass is 35.5. The second-order valence-corrected chi connectivity index (χ2v) is 16.1. The van der Waals surface area contributed by atoms with Gasteiger partial charge in [-0.1, -0.05) is 24.3 Å². The van der Waals surface area contributed by atoms with E-state index in [1.54, 1.807) is 0 Å². The van der Waals surface area contributed by atoms with Gasteiger partial charge < -0.3 is 15.7 Å². The van der Waals surface area contributed by atoms with Crippen LogP contribution in [0.2, 0.25) is 5.28 Å². The first-order valence-corrected chi connectivity index (χ1v) is 19.5. The van der Waals surface area contributed by atoms with Gasteiger partial charge in [0.1, 0.15) is 26.1 Å². The van der Waals surface area contributed by atoms with E-state index in [4.69, 9.17) is 11.6 Å². The highest BCUT2D eigenvalue weighted by Crippen LogP contribution is 2.40. The molecular formula is C26H20ClN7O13S4. The Morgan fingerprint density at radius 2 is 1.16 bits per heavy atom. The molecule has 268 valence electrons. The van der Waals surface area contributed by atoms with Crippen LogP contribution in [-0.2, 0) is 40.5 Å². The van der Waals surface area contributed by atoms with Gasteiger partial charge in [0, 0.05) is 16.5 Å². The lowest BCUT2D eigenvalue weighted by Crippen LogP contribution is -2.10. The molecule has 0 aliphatic rings. The first-order valence-electron chi connectivity index (χ1n) is 13.3. The molecule has 7 N–H and O–H groups in total. The van der Waals surface area contributed by atoms with E-state index < -0.39 is 100 Å². The molecule has 5 rings (SSSR count). The van der Waals surface area contributed by atoms with E-state index in [2.05, 4.69) is 35.8 Å². The Bertz CT molecular complexity index is 2750. The van der Waals surface area contributed by atoms with Crippen LogP contribution in [0.4, 0.5) is 34.6 Å². The second kappa shape index (κ2) is 13.3. The van der Waals surface area contributed by atoms with E-state index in [1.165, 1.54) is 30.3 Å². The summed E-state index contributed by atoms with van der Waals surface area (Å²) in [6.07, 6.45) is 0. The summed E-state index contributed by atoms with van der Waals surface area (Å²) < 4.78 is 135. The minimum Gasteiger partial charge on any atom is -0.505 e. The van der Waals surface area contributed by atoms with Crippen LogP contribution in [0, 0.1) is 6.92 Å². The van der Waals surface area contributed by atoms with Gasteiger partial charge in [-0.25, -0.2) is 0 Å². The van der Waals surface area contributed by atoms with Crippen molar-refractivity contribution < 1.29 is 57.0 Å². The first kappa shape index (κ1) is 37.3. The maximum Gasteiger partial charge on any atom is 0.296 e. The number of aromatic hydroxyl groups is 1. The lowest BCUT2D eigenvalue weighted by Gasteiger charge is -2.13. The summed E-state index contributed by atoms with van der Waals surface area (Å²) in [5.74, 6) is -1.52. The molecule has 51 heavy (non-hydrogen) atoms. The molecule has 1 aromatic heterocycles. The number of phenolic OH excluding ortho intramolecular Hbond substituents is 1. The van der Waals surface area contributed by atoms with Crippen LogP contribution in [0.15, 0.2) is 90.5 Å². The van der Waals surface area contributed by atoms with Gasteiger partial charge >= 0.3 is 0 Å². The average Bonchev–Trinajstić information content (AvgIpc) is 2.99. The number of fused-ring (bicyclic) bond motifs is 1. The molecule has 0 unspecified atom stereocenters. The normalized spacial score (nSPS) is 12.7. The van der Waals surface area contributed by atoms with Gasteiger partial charge in [0.25, 0.3) is 40.5 Å². The number of phenols is 1. The molecular weight excluding hydrogens is 782 g/mol. The SMILES string of the molecule is Cc1cc(S(=O)(=O)O)c(Nc2nc(Cl)nc(Nc3ccc(N=Nc4cc(S(=O)(=O)O)c5ccccc5c4O)c(S(=O)(=O)O)c3)n2)cc1S(=O)(=O)O. The van der Waals surface area contributed by atoms with Crippen molar-refractivity contribution in [3.63, 3.8) is 0 Å².